The molecule has 0 amide bonds. The molecule has 0 unspecified atom stereocenters. The Labute approximate surface area is 111 Å². The number of nitrogens with zero attached hydrogens (tertiary/aromatic N) is 1. The molecule has 1 aromatic rings. The Hall–Kier alpha value is -0.590. The van der Waals surface area contributed by atoms with Crippen LogP contribution in [-0.2, 0) is 10.0 Å². The second-order valence-corrected chi connectivity index (χ2v) is 7.07. The zero-order chi connectivity index (χ0) is 13.4. The van der Waals surface area contributed by atoms with E-state index in [0.29, 0.717) is 15.7 Å². The van der Waals surface area contributed by atoms with Crippen molar-refractivity contribution in [2.45, 2.75) is 31.7 Å². The maximum absolute atomic E-state index is 12.3. The van der Waals surface area contributed by atoms with Crippen LogP contribution in [0.25, 0.3) is 0 Å². The number of nitrogens with two attached hydrogens (primary N) is 1. The third-order valence-corrected chi connectivity index (χ3v) is 5.54. The summed E-state index contributed by atoms with van der Waals surface area (Å²) in [5, 5.41) is 0. The maximum atomic E-state index is 12.3. The molecule has 2 N–H and O–H groups in total. The largest absolute Gasteiger partial charge is 0.398 e. The molecule has 0 atom stereocenters. The first-order valence-corrected chi connectivity index (χ1v) is 7.45. The van der Waals surface area contributed by atoms with Crippen molar-refractivity contribution in [1.82, 2.24) is 4.31 Å². The number of hydrogen-bond donors (Lipinski definition) is 1. The third kappa shape index (κ3) is 2.81. The lowest BCUT2D eigenvalue weighted by Crippen LogP contribution is -2.33. The van der Waals surface area contributed by atoms with Crippen LogP contribution >= 0.6 is 15.9 Å². The molecule has 0 heterocycles. The van der Waals surface area contributed by atoms with E-state index in [1.807, 2.05) is 13.8 Å². The highest BCUT2D eigenvalue weighted by Crippen LogP contribution is 2.28. The summed E-state index contributed by atoms with van der Waals surface area (Å²) in [6.07, 6.45) is 0. The van der Waals surface area contributed by atoms with Crippen molar-refractivity contribution in [3.05, 3.63) is 22.2 Å². The number of anilines is 1. The zero-order valence-corrected chi connectivity index (χ0v) is 12.8. The number of benzene rings is 1. The van der Waals surface area contributed by atoms with Gasteiger partial charge in [-0.3, -0.25) is 0 Å². The molecule has 0 saturated carbocycles. The standard InChI is InChI=1S/C11H17BrN2O2S/c1-7(2)14(4)17(15,16)11-6-10(13)9(12)5-8(11)3/h5-7H,13H2,1-4H3. The van der Waals surface area contributed by atoms with E-state index in [2.05, 4.69) is 15.9 Å². The van der Waals surface area contributed by atoms with Crippen LogP contribution in [0.4, 0.5) is 5.69 Å². The van der Waals surface area contributed by atoms with E-state index in [0.717, 1.165) is 0 Å². The summed E-state index contributed by atoms with van der Waals surface area (Å²) in [5.74, 6) is 0. The summed E-state index contributed by atoms with van der Waals surface area (Å²) in [6.45, 7) is 5.41. The van der Waals surface area contributed by atoms with E-state index in [1.54, 1.807) is 20.0 Å². The van der Waals surface area contributed by atoms with Crippen LogP contribution in [0.2, 0.25) is 0 Å². The Morgan fingerprint density at radius 3 is 2.35 bits per heavy atom. The lowest BCUT2D eigenvalue weighted by molar-refractivity contribution is 0.410. The molecule has 0 saturated heterocycles. The van der Waals surface area contributed by atoms with Gasteiger partial charge in [0.15, 0.2) is 0 Å². The van der Waals surface area contributed by atoms with Crippen molar-refractivity contribution in [2.75, 3.05) is 12.8 Å². The zero-order valence-electron chi connectivity index (χ0n) is 10.4. The molecular weight excluding hydrogens is 304 g/mol. The SMILES string of the molecule is Cc1cc(Br)c(N)cc1S(=O)(=O)N(C)C(C)C. The normalized spacial score (nSPS) is 12.4. The van der Waals surface area contributed by atoms with Gasteiger partial charge in [-0.25, -0.2) is 8.42 Å². The smallest absolute Gasteiger partial charge is 0.243 e. The molecule has 0 fully saturated rings. The molecule has 0 bridgehead atoms. The van der Waals surface area contributed by atoms with Crippen LogP contribution in [0.5, 0.6) is 0 Å². The van der Waals surface area contributed by atoms with Gasteiger partial charge in [-0.15, -0.1) is 0 Å². The highest BCUT2D eigenvalue weighted by atomic mass is 79.9. The number of halogens is 1. The van der Waals surface area contributed by atoms with Crippen LogP contribution < -0.4 is 5.73 Å². The van der Waals surface area contributed by atoms with Gasteiger partial charge in [0.25, 0.3) is 0 Å². The average Bonchev–Trinajstić information content (AvgIpc) is 2.21. The minimum Gasteiger partial charge on any atom is -0.398 e. The fourth-order valence-electron chi connectivity index (χ4n) is 1.38. The quantitative estimate of drug-likeness (QED) is 0.869. The Bertz CT molecular complexity index is 527. The van der Waals surface area contributed by atoms with Crippen molar-refractivity contribution in [2.24, 2.45) is 0 Å². The molecule has 1 aromatic carbocycles. The number of aryl methyl sites for hydroxylation is 1. The fourth-order valence-corrected chi connectivity index (χ4v) is 3.44. The van der Waals surface area contributed by atoms with Crippen LogP contribution in [0.1, 0.15) is 19.4 Å². The van der Waals surface area contributed by atoms with Gasteiger partial charge in [-0.1, -0.05) is 0 Å². The number of nitrogen functional groups attached to an aromatic ring is 1. The van der Waals surface area contributed by atoms with Gasteiger partial charge in [0.1, 0.15) is 0 Å². The van der Waals surface area contributed by atoms with Crippen molar-refractivity contribution in [3.63, 3.8) is 0 Å². The van der Waals surface area contributed by atoms with Crippen LogP contribution in [0, 0.1) is 6.92 Å². The molecule has 0 spiro atoms. The number of rotatable bonds is 3. The average molecular weight is 321 g/mol. The molecule has 0 aliphatic carbocycles. The predicted octanol–water partition coefficient (Wildman–Crippen LogP) is 2.37. The summed E-state index contributed by atoms with van der Waals surface area (Å²) >= 11 is 3.28. The van der Waals surface area contributed by atoms with Gasteiger partial charge in [-0.2, -0.15) is 4.31 Å². The van der Waals surface area contributed by atoms with Crippen molar-refractivity contribution in [1.29, 1.82) is 0 Å². The Kier molecular flexibility index (Phi) is 4.22. The Balaban J connectivity index is 3.39. The molecule has 0 aliphatic rings. The maximum Gasteiger partial charge on any atom is 0.243 e. The van der Waals surface area contributed by atoms with Crippen LogP contribution in [0.3, 0.4) is 0 Å². The van der Waals surface area contributed by atoms with Gasteiger partial charge >= 0.3 is 0 Å². The second-order valence-electron chi connectivity index (χ2n) is 4.25. The van der Waals surface area contributed by atoms with Gasteiger partial charge in [0.05, 0.1) is 4.90 Å². The first-order chi connectivity index (χ1) is 7.67. The second kappa shape index (κ2) is 4.96. The minimum atomic E-state index is -3.48. The van der Waals surface area contributed by atoms with Crippen molar-refractivity contribution >= 4 is 31.6 Å². The van der Waals surface area contributed by atoms with E-state index in [-0.39, 0.29) is 10.9 Å². The molecule has 4 nitrogen and oxygen atoms in total. The molecular formula is C11H17BrN2O2S. The third-order valence-electron chi connectivity index (χ3n) is 2.68. The summed E-state index contributed by atoms with van der Waals surface area (Å²) in [6, 6.07) is 3.12. The Morgan fingerprint density at radius 1 is 1.35 bits per heavy atom. The molecule has 96 valence electrons. The van der Waals surface area contributed by atoms with Gasteiger partial charge in [0.2, 0.25) is 10.0 Å². The molecule has 0 aromatic heterocycles. The monoisotopic (exact) mass is 320 g/mol. The minimum absolute atomic E-state index is 0.0933. The van der Waals surface area contributed by atoms with Crippen molar-refractivity contribution < 1.29 is 8.42 Å². The summed E-state index contributed by atoms with van der Waals surface area (Å²) < 4.78 is 26.7. The van der Waals surface area contributed by atoms with Gasteiger partial charge in [-0.05, 0) is 54.4 Å². The van der Waals surface area contributed by atoms with E-state index in [9.17, 15) is 8.42 Å². The molecule has 17 heavy (non-hydrogen) atoms. The summed E-state index contributed by atoms with van der Waals surface area (Å²) in [7, 11) is -1.91. The number of sulfonamides is 1. The lowest BCUT2D eigenvalue weighted by atomic mass is 10.2. The van der Waals surface area contributed by atoms with Crippen LogP contribution in [0.15, 0.2) is 21.5 Å². The number of hydrogen-bond acceptors (Lipinski definition) is 3. The van der Waals surface area contributed by atoms with Gasteiger partial charge < -0.3 is 5.73 Å². The highest BCUT2D eigenvalue weighted by molar-refractivity contribution is 9.10. The highest BCUT2D eigenvalue weighted by Gasteiger charge is 2.25. The first kappa shape index (κ1) is 14.5. The summed E-state index contributed by atoms with van der Waals surface area (Å²) in [5.41, 5.74) is 6.83. The van der Waals surface area contributed by atoms with E-state index >= 15 is 0 Å². The molecule has 0 aliphatic heterocycles. The lowest BCUT2D eigenvalue weighted by Gasteiger charge is -2.22. The van der Waals surface area contributed by atoms with E-state index in [4.69, 9.17) is 5.73 Å². The van der Waals surface area contributed by atoms with Crippen LogP contribution in [-0.4, -0.2) is 25.8 Å². The van der Waals surface area contributed by atoms with E-state index < -0.39 is 10.0 Å². The summed E-state index contributed by atoms with van der Waals surface area (Å²) in [4.78, 5) is 0.259. The molecule has 0 radical (unpaired) electrons. The van der Waals surface area contributed by atoms with E-state index in [1.165, 1.54) is 10.4 Å². The molecule has 1 rings (SSSR count). The predicted molar refractivity (Wildman–Crippen MR) is 73.4 cm³/mol. The topological polar surface area (TPSA) is 63.4 Å². The van der Waals surface area contributed by atoms with Crippen molar-refractivity contribution in [3.8, 4) is 0 Å². The van der Waals surface area contributed by atoms with Gasteiger partial charge in [0, 0.05) is 23.2 Å². The first-order valence-electron chi connectivity index (χ1n) is 5.21. The fraction of sp³-hybridized carbons (Fsp3) is 0.455. The Morgan fingerprint density at radius 2 is 1.88 bits per heavy atom. The molecule has 6 heteroatoms.